The van der Waals surface area contributed by atoms with Crippen LogP contribution in [0.3, 0.4) is 0 Å². The average Bonchev–Trinajstić information content (AvgIpc) is 3.86. The van der Waals surface area contributed by atoms with Crippen LogP contribution in [0, 0.1) is 0 Å². The Morgan fingerprint density at radius 2 is 1.07 bits per heavy atom. The fourth-order valence-electron chi connectivity index (χ4n) is 8.83. The molecule has 4 aromatic heterocycles. The normalized spacial score (nSPS) is 11.8. The summed E-state index contributed by atoms with van der Waals surface area (Å²) in [4.78, 5) is 15.4. The van der Waals surface area contributed by atoms with E-state index in [-0.39, 0.29) is 0 Å². The van der Waals surface area contributed by atoms with Crippen molar-refractivity contribution in [1.82, 2.24) is 19.5 Å². The van der Waals surface area contributed by atoms with Crippen molar-refractivity contribution >= 4 is 75.1 Å². The fourth-order valence-corrected chi connectivity index (χ4v) is 10.1. The molecule has 0 unspecified atom stereocenters. The van der Waals surface area contributed by atoms with Gasteiger partial charge in [-0.3, -0.25) is 4.98 Å². The summed E-state index contributed by atoms with van der Waals surface area (Å²) in [5.41, 5.74) is 12.3. The molecule has 0 bridgehead atoms. The predicted molar refractivity (Wildman–Crippen MR) is 244 cm³/mol. The van der Waals surface area contributed by atoms with Gasteiger partial charge in [0.25, 0.3) is 0 Å². The quantitative estimate of drug-likeness (QED) is 0.176. The third kappa shape index (κ3) is 5.11. The molecule has 12 rings (SSSR count). The molecule has 0 fully saturated rings. The standard InChI is InChI=1S/C53H32N4S/c1-3-15-33(16-4-1)36-29-37(34-17-5-2-6-18-34)31-38(30-36)49-50-44(25-14-28-54-50)55-53(56-49)35-19-13-20-39(32-35)57-45-26-11-9-23-42(45)47-48-43-24-10-12-27-46(43)58-52(48)41-22-8-7-21-40(41)51(47)57/h1-32H. The van der Waals surface area contributed by atoms with Gasteiger partial charge in [-0.05, 0) is 76.9 Å². The number of hydrogen-bond acceptors (Lipinski definition) is 4. The van der Waals surface area contributed by atoms with Gasteiger partial charge in [0, 0.05) is 64.7 Å². The van der Waals surface area contributed by atoms with E-state index in [0.717, 1.165) is 61.3 Å². The van der Waals surface area contributed by atoms with Crippen LogP contribution in [-0.4, -0.2) is 19.5 Å². The van der Waals surface area contributed by atoms with Gasteiger partial charge in [-0.1, -0.05) is 133 Å². The molecule has 270 valence electrons. The fraction of sp³-hybridized carbons (Fsp3) is 0. The van der Waals surface area contributed by atoms with Crippen molar-refractivity contribution in [3.63, 3.8) is 0 Å². The first-order valence-corrected chi connectivity index (χ1v) is 20.3. The lowest BCUT2D eigenvalue weighted by Gasteiger charge is -2.14. The zero-order valence-electron chi connectivity index (χ0n) is 31.2. The summed E-state index contributed by atoms with van der Waals surface area (Å²) in [6.45, 7) is 0. The molecule has 0 saturated carbocycles. The van der Waals surface area contributed by atoms with Crippen molar-refractivity contribution in [2.24, 2.45) is 0 Å². The van der Waals surface area contributed by atoms with E-state index in [1.807, 2.05) is 29.7 Å². The van der Waals surface area contributed by atoms with Crippen molar-refractivity contribution < 1.29 is 0 Å². The van der Waals surface area contributed by atoms with Crippen LogP contribution >= 0.6 is 11.3 Å². The van der Waals surface area contributed by atoms with E-state index in [2.05, 4.69) is 180 Å². The van der Waals surface area contributed by atoms with Gasteiger partial charge in [0.1, 0.15) is 11.2 Å². The van der Waals surface area contributed by atoms with E-state index >= 15 is 0 Å². The van der Waals surface area contributed by atoms with Gasteiger partial charge < -0.3 is 4.57 Å². The number of hydrogen-bond donors (Lipinski definition) is 0. The molecular formula is C53H32N4S. The highest BCUT2D eigenvalue weighted by Crippen LogP contribution is 2.48. The number of benzene rings is 8. The highest BCUT2D eigenvalue weighted by Gasteiger charge is 2.22. The van der Waals surface area contributed by atoms with E-state index in [1.54, 1.807) is 0 Å². The highest BCUT2D eigenvalue weighted by atomic mass is 32.1. The number of para-hydroxylation sites is 1. The Bertz CT molecular complexity index is 3510. The van der Waals surface area contributed by atoms with Gasteiger partial charge in [-0.2, -0.15) is 0 Å². The molecule has 0 radical (unpaired) electrons. The SMILES string of the molecule is c1ccc(-c2cc(-c3ccccc3)cc(-c3nc(-c4cccc(-n5c6ccccc6c6c7c8ccccc8sc7c7ccccc7c65)c4)nc4cccnc34)c2)cc1. The summed E-state index contributed by atoms with van der Waals surface area (Å²) in [6.07, 6.45) is 1.83. The van der Waals surface area contributed by atoms with E-state index in [0.29, 0.717) is 5.82 Å². The zero-order chi connectivity index (χ0) is 38.2. The lowest BCUT2D eigenvalue weighted by atomic mass is 9.94. The van der Waals surface area contributed by atoms with Gasteiger partial charge in [0.05, 0.1) is 16.6 Å². The Morgan fingerprint density at radius 3 is 1.84 bits per heavy atom. The summed E-state index contributed by atoms with van der Waals surface area (Å²) in [7, 11) is 0. The lowest BCUT2D eigenvalue weighted by Crippen LogP contribution is -1.99. The van der Waals surface area contributed by atoms with Crippen molar-refractivity contribution in [3.05, 3.63) is 194 Å². The van der Waals surface area contributed by atoms with Crippen molar-refractivity contribution in [2.75, 3.05) is 0 Å². The molecule has 0 aliphatic heterocycles. The predicted octanol–water partition coefficient (Wildman–Crippen LogP) is 14.3. The molecule has 0 N–H and O–H groups in total. The summed E-state index contributed by atoms with van der Waals surface area (Å²) >= 11 is 1.89. The Labute approximate surface area is 338 Å². The molecule has 0 atom stereocenters. The molecule has 0 amide bonds. The van der Waals surface area contributed by atoms with Gasteiger partial charge in [-0.15, -0.1) is 11.3 Å². The van der Waals surface area contributed by atoms with Gasteiger partial charge >= 0.3 is 0 Å². The summed E-state index contributed by atoms with van der Waals surface area (Å²) in [5.74, 6) is 0.653. The second kappa shape index (κ2) is 13.1. The van der Waals surface area contributed by atoms with E-state index in [4.69, 9.17) is 15.0 Å². The van der Waals surface area contributed by atoms with Crippen LogP contribution in [0.5, 0.6) is 0 Å². The first kappa shape index (κ1) is 32.7. The maximum Gasteiger partial charge on any atom is 0.160 e. The molecule has 4 nitrogen and oxygen atoms in total. The number of pyridine rings is 1. The largest absolute Gasteiger partial charge is 0.309 e. The van der Waals surface area contributed by atoms with Gasteiger partial charge in [-0.25, -0.2) is 9.97 Å². The van der Waals surface area contributed by atoms with Crippen molar-refractivity contribution in [1.29, 1.82) is 0 Å². The molecule has 0 saturated heterocycles. The summed E-state index contributed by atoms with van der Waals surface area (Å²) < 4.78 is 5.08. The highest BCUT2D eigenvalue weighted by molar-refractivity contribution is 7.27. The third-order valence-electron chi connectivity index (χ3n) is 11.4. The van der Waals surface area contributed by atoms with E-state index in [9.17, 15) is 0 Å². The molecule has 0 aliphatic rings. The number of fused-ring (bicyclic) bond motifs is 11. The minimum atomic E-state index is 0.653. The second-order valence-corrected chi connectivity index (χ2v) is 15.8. The first-order valence-electron chi connectivity index (χ1n) is 19.5. The van der Waals surface area contributed by atoms with Crippen LogP contribution in [0.25, 0.3) is 114 Å². The lowest BCUT2D eigenvalue weighted by molar-refractivity contribution is 1.17. The smallest absolute Gasteiger partial charge is 0.160 e. The molecule has 12 aromatic rings. The van der Waals surface area contributed by atoms with E-state index in [1.165, 1.54) is 47.2 Å². The van der Waals surface area contributed by atoms with Crippen LogP contribution in [0.4, 0.5) is 0 Å². The zero-order valence-corrected chi connectivity index (χ0v) is 32.0. The molecule has 0 aliphatic carbocycles. The Kier molecular flexibility index (Phi) is 7.37. The molecule has 4 heterocycles. The van der Waals surface area contributed by atoms with Crippen molar-refractivity contribution in [3.8, 4) is 50.6 Å². The molecule has 5 heteroatoms. The minimum absolute atomic E-state index is 0.653. The monoisotopic (exact) mass is 756 g/mol. The second-order valence-electron chi connectivity index (χ2n) is 14.8. The summed E-state index contributed by atoms with van der Waals surface area (Å²) in [6, 6.07) is 67.0. The maximum absolute atomic E-state index is 5.39. The average molecular weight is 757 g/mol. The third-order valence-corrected chi connectivity index (χ3v) is 12.6. The number of nitrogens with zero attached hydrogens (tertiary/aromatic N) is 4. The first-order chi connectivity index (χ1) is 28.8. The number of thiophene rings is 1. The van der Waals surface area contributed by atoms with Gasteiger partial charge in [0.15, 0.2) is 5.82 Å². The Balaban J connectivity index is 1.11. The molecular weight excluding hydrogens is 725 g/mol. The molecule has 8 aromatic carbocycles. The Hall–Kier alpha value is -7.47. The summed E-state index contributed by atoms with van der Waals surface area (Å²) in [5, 5.41) is 7.66. The van der Waals surface area contributed by atoms with Crippen LogP contribution < -0.4 is 0 Å². The number of rotatable bonds is 5. The van der Waals surface area contributed by atoms with Crippen LogP contribution in [0.1, 0.15) is 0 Å². The number of aromatic nitrogens is 4. The maximum atomic E-state index is 5.39. The topological polar surface area (TPSA) is 43.6 Å². The Morgan fingerprint density at radius 1 is 0.431 bits per heavy atom. The van der Waals surface area contributed by atoms with Crippen LogP contribution in [-0.2, 0) is 0 Å². The molecule has 0 spiro atoms. The van der Waals surface area contributed by atoms with Crippen molar-refractivity contribution in [2.45, 2.75) is 0 Å². The van der Waals surface area contributed by atoms with Crippen LogP contribution in [0.15, 0.2) is 194 Å². The molecule has 58 heavy (non-hydrogen) atoms. The van der Waals surface area contributed by atoms with Gasteiger partial charge in [0.2, 0.25) is 0 Å². The van der Waals surface area contributed by atoms with Crippen LogP contribution in [0.2, 0.25) is 0 Å². The minimum Gasteiger partial charge on any atom is -0.309 e. The van der Waals surface area contributed by atoms with E-state index < -0.39 is 0 Å².